The number of nitrogens with one attached hydrogen (secondary N) is 1. The first-order chi connectivity index (χ1) is 9.70. The minimum Gasteiger partial charge on any atom is -0.389 e. The zero-order valence-electron chi connectivity index (χ0n) is 11.3. The number of ether oxygens (including phenoxy) is 1. The number of hydrogen-bond acceptors (Lipinski definition) is 3. The van der Waals surface area contributed by atoms with E-state index in [1.807, 2.05) is 41.2 Å². The van der Waals surface area contributed by atoms with Gasteiger partial charge in [0, 0.05) is 37.3 Å². The Morgan fingerprint density at radius 3 is 2.80 bits per heavy atom. The van der Waals surface area contributed by atoms with Gasteiger partial charge in [-0.05, 0) is 30.3 Å². The third-order valence-corrected chi connectivity index (χ3v) is 2.87. The molecule has 1 aromatic carbocycles. The summed E-state index contributed by atoms with van der Waals surface area (Å²) in [5, 5.41) is 12.2. The Morgan fingerprint density at radius 2 is 2.10 bits per heavy atom. The van der Waals surface area contributed by atoms with Gasteiger partial charge in [0.1, 0.15) is 0 Å². The maximum Gasteiger partial charge on any atom is 0.251 e. The molecular weight excluding hydrogens is 256 g/mol. The molecule has 1 unspecified atom stereocenters. The molecule has 5 heteroatoms. The molecule has 20 heavy (non-hydrogen) atoms. The largest absolute Gasteiger partial charge is 0.389 e. The number of benzene rings is 1. The van der Waals surface area contributed by atoms with E-state index in [-0.39, 0.29) is 19.1 Å². The Labute approximate surface area is 117 Å². The van der Waals surface area contributed by atoms with Crippen LogP contribution in [-0.2, 0) is 4.74 Å². The summed E-state index contributed by atoms with van der Waals surface area (Å²) in [5.74, 6) is -0.214. The normalized spacial score (nSPS) is 12.1. The third-order valence-electron chi connectivity index (χ3n) is 2.87. The van der Waals surface area contributed by atoms with Gasteiger partial charge in [-0.2, -0.15) is 0 Å². The van der Waals surface area contributed by atoms with Crippen LogP contribution >= 0.6 is 0 Å². The monoisotopic (exact) mass is 274 g/mol. The fraction of sp³-hybridized carbons (Fsp3) is 0.267. The van der Waals surface area contributed by atoms with Crippen LogP contribution in [0, 0.1) is 0 Å². The number of carbonyl (C=O) groups is 1. The second kappa shape index (κ2) is 6.88. The lowest BCUT2D eigenvalue weighted by Gasteiger charge is -2.11. The molecule has 106 valence electrons. The quantitative estimate of drug-likeness (QED) is 0.832. The molecule has 0 radical (unpaired) electrons. The van der Waals surface area contributed by atoms with E-state index in [1.165, 1.54) is 7.11 Å². The lowest BCUT2D eigenvalue weighted by atomic mass is 10.2. The molecule has 0 aliphatic rings. The van der Waals surface area contributed by atoms with E-state index in [0.717, 1.165) is 5.69 Å². The highest BCUT2D eigenvalue weighted by atomic mass is 16.5. The van der Waals surface area contributed by atoms with Gasteiger partial charge in [0.05, 0.1) is 12.7 Å². The minimum absolute atomic E-state index is 0.167. The highest BCUT2D eigenvalue weighted by Crippen LogP contribution is 2.10. The van der Waals surface area contributed by atoms with E-state index in [2.05, 4.69) is 5.32 Å². The molecule has 2 N–H and O–H groups in total. The van der Waals surface area contributed by atoms with Gasteiger partial charge in [0.25, 0.3) is 5.91 Å². The van der Waals surface area contributed by atoms with E-state index in [0.29, 0.717) is 5.56 Å². The molecule has 1 aromatic heterocycles. The molecule has 5 nitrogen and oxygen atoms in total. The molecule has 0 saturated carbocycles. The van der Waals surface area contributed by atoms with Crippen molar-refractivity contribution in [1.29, 1.82) is 0 Å². The number of rotatable bonds is 6. The second-order valence-corrected chi connectivity index (χ2v) is 4.46. The summed E-state index contributed by atoms with van der Waals surface area (Å²) in [6.07, 6.45) is 3.13. The van der Waals surface area contributed by atoms with Crippen molar-refractivity contribution in [3.63, 3.8) is 0 Å². The molecule has 0 aliphatic carbocycles. The lowest BCUT2D eigenvalue weighted by Crippen LogP contribution is -2.34. The fourth-order valence-electron chi connectivity index (χ4n) is 1.88. The van der Waals surface area contributed by atoms with Gasteiger partial charge >= 0.3 is 0 Å². The van der Waals surface area contributed by atoms with Gasteiger partial charge in [-0.1, -0.05) is 6.07 Å². The van der Waals surface area contributed by atoms with Crippen LogP contribution < -0.4 is 5.32 Å². The number of amides is 1. The average Bonchev–Trinajstić information content (AvgIpc) is 2.99. The predicted octanol–water partition coefficient (Wildman–Crippen LogP) is 1.21. The van der Waals surface area contributed by atoms with E-state index in [4.69, 9.17) is 4.74 Å². The number of aliphatic hydroxyl groups excluding tert-OH is 1. The SMILES string of the molecule is COCC(O)CNC(=O)c1cccc(-n2cccc2)c1. The van der Waals surface area contributed by atoms with Gasteiger partial charge in [0.15, 0.2) is 0 Å². The summed E-state index contributed by atoms with van der Waals surface area (Å²) < 4.78 is 6.73. The Morgan fingerprint density at radius 1 is 1.35 bits per heavy atom. The number of hydrogen-bond donors (Lipinski definition) is 2. The standard InChI is InChI=1S/C15H18N2O3/c1-20-11-14(18)10-16-15(19)12-5-4-6-13(9-12)17-7-2-3-8-17/h2-9,14,18H,10-11H2,1H3,(H,16,19). The van der Waals surface area contributed by atoms with E-state index < -0.39 is 6.10 Å². The predicted molar refractivity (Wildman–Crippen MR) is 76.0 cm³/mol. The van der Waals surface area contributed by atoms with Crippen LogP contribution in [0.4, 0.5) is 0 Å². The van der Waals surface area contributed by atoms with E-state index in [1.54, 1.807) is 12.1 Å². The smallest absolute Gasteiger partial charge is 0.251 e. The second-order valence-electron chi connectivity index (χ2n) is 4.46. The lowest BCUT2D eigenvalue weighted by molar-refractivity contribution is 0.0610. The van der Waals surface area contributed by atoms with Crippen LogP contribution in [0.5, 0.6) is 0 Å². The molecule has 0 aliphatic heterocycles. The fourth-order valence-corrected chi connectivity index (χ4v) is 1.88. The summed E-state index contributed by atoms with van der Waals surface area (Å²) in [6, 6.07) is 11.1. The molecule has 2 rings (SSSR count). The van der Waals surface area contributed by atoms with Gasteiger partial charge in [0.2, 0.25) is 0 Å². The van der Waals surface area contributed by atoms with Crippen molar-refractivity contribution in [2.24, 2.45) is 0 Å². The molecule has 1 heterocycles. The first kappa shape index (κ1) is 14.3. The van der Waals surface area contributed by atoms with E-state index >= 15 is 0 Å². The number of carbonyl (C=O) groups excluding carboxylic acids is 1. The minimum atomic E-state index is -0.698. The molecule has 0 bridgehead atoms. The first-order valence-electron chi connectivity index (χ1n) is 6.39. The maximum absolute atomic E-state index is 12.0. The molecule has 0 saturated heterocycles. The highest BCUT2D eigenvalue weighted by Gasteiger charge is 2.09. The number of methoxy groups -OCH3 is 1. The van der Waals surface area contributed by atoms with Crippen molar-refractivity contribution in [2.75, 3.05) is 20.3 Å². The van der Waals surface area contributed by atoms with Crippen molar-refractivity contribution in [1.82, 2.24) is 9.88 Å². The average molecular weight is 274 g/mol. The summed E-state index contributed by atoms with van der Waals surface area (Å²) in [4.78, 5) is 12.0. The first-order valence-corrected chi connectivity index (χ1v) is 6.39. The summed E-state index contributed by atoms with van der Waals surface area (Å²) in [7, 11) is 1.51. The number of aromatic nitrogens is 1. The van der Waals surface area contributed by atoms with Crippen molar-refractivity contribution in [3.8, 4) is 5.69 Å². The van der Waals surface area contributed by atoms with Gasteiger partial charge < -0.3 is 19.7 Å². The maximum atomic E-state index is 12.0. The zero-order chi connectivity index (χ0) is 14.4. The van der Waals surface area contributed by atoms with Gasteiger partial charge in [-0.25, -0.2) is 0 Å². The summed E-state index contributed by atoms with van der Waals surface area (Å²) in [5.41, 5.74) is 1.47. The van der Waals surface area contributed by atoms with Crippen molar-refractivity contribution < 1.29 is 14.6 Å². The third kappa shape index (κ3) is 3.69. The van der Waals surface area contributed by atoms with Crippen LogP contribution in [0.2, 0.25) is 0 Å². The van der Waals surface area contributed by atoms with Crippen molar-refractivity contribution in [3.05, 3.63) is 54.4 Å². The molecule has 0 fully saturated rings. The Kier molecular flexibility index (Phi) is 4.92. The zero-order valence-corrected chi connectivity index (χ0v) is 11.3. The topological polar surface area (TPSA) is 63.5 Å². The van der Waals surface area contributed by atoms with Crippen LogP contribution in [0.25, 0.3) is 5.69 Å². The van der Waals surface area contributed by atoms with Crippen molar-refractivity contribution in [2.45, 2.75) is 6.10 Å². The Balaban J connectivity index is 2.02. The summed E-state index contributed by atoms with van der Waals surface area (Å²) in [6.45, 7) is 0.365. The molecule has 1 amide bonds. The Bertz CT molecular complexity index is 552. The van der Waals surface area contributed by atoms with Crippen LogP contribution in [0.15, 0.2) is 48.8 Å². The summed E-state index contributed by atoms with van der Waals surface area (Å²) >= 11 is 0. The van der Waals surface area contributed by atoms with Gasteiger partial charge in [-0.3, -0.25) is 4.79 Å². The highest BCUT2D eigenvalue weighted by molar-refractivity contribution is 5.94. The van der Waals surface area contributed by atoms with Crippen LogP contribution in [0.3, 0.4) is 0 Å². The molecular formula is C15H18N2O3. The molecule has 0 spiro atoms. The van der Waals surface area contributed by atoms with E-state index in [9.17, 15) is 9.90 Å². The number of nitrogens with zero attached hydrogens (tertiary/aromatic N) is 1. The van der Waals surface area contributed by atoms with Crippen LogP contribution in [-0.4, -0.2) is 41.9 Å². The molecule has 1 atom stereocenters. The van der Waals surface area contributed by atoms with Crippen LogP contribution in [0.1, 0.15) is 10.4 Å². The molecule has 2 aromatic rings. The van der Waals surface area contributed by atoms with Crippen molar-refractivity contribution >= 4 is 5.91 Å². The Hall–Kier alpha value is -2.11. The van der Waals surface area contributed by atoms with Gasteiger partial charge in [-0.15, -0.1) is 0 Å². The number of aliphatic hydroxyl groups is 1.